The van der Waals surface area contributed by atoms with Crippen LogP contribution < -0.4 is 5.73 Å². The van der Waals surface area contributed by atoms with Gasteiger partial charge in [-0.05, 0) is 8.19 Å². The molecule has 0 bridgehead atoms. The molecular formula is C8H11N4O2P. The number of hydrogen-bond donors (Lipinski definition) is 2. The lowest BCUT2D eigenvalue weighted by Gasteiger charge is -2.05. The SMILES string of the molecule is Nc1ncnc2pcn(COCCO)c12. The maximum atomic E-state index is 8.59. The van der Waals surface area contributed by atoms with Crippen molar-refractivity contribution < 1.29 is 9.84 Å². The van der Waals surface area contributed by atoms with Crippen LogP contribution in [0.5, 0.6) is 0 Å². The Balaban J connectivity index is 2.27. The molecule has 0 unspecified atom stereocenters. The monoisotopic (exact) mass is 226 g/mol. The summed E-state index contributed by atoms with van der Waals surface area (Å²) in [4.78, 5) is 8.04. The second-order valence-electron chi connectivity index (χ2n) is 2.91. The highest BCUT2D eigenvalue weighted by molar-refractivity contribution is 7.35. The fourth-order valence-corrected chi connectivity index (χ4v) is 2.17. The third kappa shape index (κ3) is 2.07. The second-order valence-corrected chi connectivity index (χ2v) is 3.82. The first kappa shape index (κ1) is 10.3. The van der Waals surface area contributed by atoms with Crippen LogP contribution in [-0.4, -0.2) is 32.9 Å². The number of aromatic nitrogens is 3. The lowest BCUT2D eigenvalue weighted by molar-refractivity contribution is 0.0507. The summed E-state index contributed by atoms with van der Waals surface area (Å²) in [5, 5.41) is 9.47. The summed E-state index contributed by atoms with van der Waals surface area (Å²) >= 11 is 0. The molecule has 0 spiro atoms. The van der Waals surface area contributed by atoms with Gasteiger partial charge in [0.15, 0.2) is 5.82 Å². The number of nitrogens with two attached hydrogens (primary N) is 1. The molecule has 15 heavy (non-hydrogen) atoms. The normalized spacial score (nSPS) is 11.5. The molecule has 0 aliphatic rings. The van der Waals surface area contributed by atoms with E-state index < -0.39 is 0 Å². The van der Waals surface area contributed by atoms with E-state index in [0.29, 0.717) is 19.2 Å². The number of fused-ring (bicyclic) bond motifs is 1. The first-order valence-corrected chi connectivity index (χ1v) is 5.39. The lowest BCUT2D eigenvalue weighted by Crippen LogP contribution is -2.06. The Morgan fingerprint density at radius 1 is 1.53 bits per heavy atom. The van der Waals surface area contributed by atoms with Crippen molar-refractivity contribution in [2.24, 2.45) is 0 Å². The fourth-order valence-electron chi connectivity index (χ4n) is 1.26. The lowest BCUT2D eigenvalue weighted by atomic mass is 10.5. The Morgan fingerprint density at radius 3 is 3.20 bits per heavy atom. The Labute approximate surface area is 87.8 Å². The molecule has 0 saturated carbocycles. The standard InChI is InChI=1S/C8H11N4O2P/c9-7-6-8(11-3-10-7)15-5-12(6)4-14-2-1-13/h3,5,13H,1-2,4H2,(H2,9,10,11). The van der Waals surface area contributed by atoms with Crippen molar-refractivity contribution in [3.63, 3.8) is 0 Å². The molecule has 7 heteroatoms. The van der Waals surface area contributed by atoms with E-state index in [-0.39, 0.29) is 6.61 Å². The van der Waals surface area contributed by atoms with E-state index in [1.54, 1.807) is 0 Å². The zero-order chi connectivity index (χ0) is 10.7. The Hall–Kier alpha value is -1.23. The molecule has 2 heterocycles. The molecule has 0 saturated heterocycles. The van der Waals surface area contributed by atoms with E-state index in [2.05, 4.69) is 9.97 Å². The minimum atomic E-state index is 0.0131. The van der Waals surface area contributed by atoms with E-state index in [4.69, 9.17) is 15.6 Å². The molecule has 0 radical (unpaired) electrons. The number of nitrogen functional groups attached to an aromatic ring is 1. The van der Waals surface area contributed by atoms with Gasteiger partial charge in [-0.2, -0.15) is 0 Å². The summed E-state index contributed by atoms with van der Waals surface area (Å²) in [6, 6.07) is 0. The number of aliphatic hydroxyl groups is 1. The van der Waals surface area contributed by atoms with E-state index in [1.807, 2.05) is 10.5 Å². The summed E-state index contributed by atoms with van der Waals surface area (Å²) in [6.45, 7) is 0.682. The molecular weight excluding hydrogens is 215 g/mol. The zero-order valence-corrected chi connectivity index (χ0v) is 8.89. The van der Waals surface area contributed by atoms with Crippen molar-refractivity contribution in [1.82, 2.24) is 14.5 Å². The first-order chi connectivity index (χ1) is 7.33. The van der Waals surface area contributed by atoms with Crippen LogP contribution in [-0.2, 0) is 11.5 Å². The van der Waals surface area contributed by atoms with Crippen molar-refractivity contribution in [2.75, 3.05) is 18.9 Å². The minimum Gasteiger partial charge on any atom is -0.394 e. The minimum absolute atomic E-state index is 0.0131. The van der Waals surface area contributed by atoms with Gasteiger partial charge in [-0.15, -0.1) is 0 Å². The average molecular weight is 226 g/mol. The smallest absolute Gasteiger partial charge is 0.151 e. The predicted molar refractivity (Wildman–Crippen MR) is 57.5 cm³/mol. The number of ether oxygens (including phenoxy) is 1. The first-order valence-electron chi connectivity index (χ1n) is 4.43. The van der Waals surface area contributed by atoms with Gasteiger partial charge in [-0.25, -0.2) is 9.97 Å². The number of nitrogens with zero attached hydrogens (tertiary/aromatic N) is 3. The topological polar surface area (TPSA) is 86.2 Å². The van der Waals surface area contributed by atoms with Gasteiger partial charge >= 0.3 is 0 Å². The van der Waals surface area contributed by atoms with Crippen molar-refractivity contribution >= 4 is 24.8 Å². The molecule has 0 aliphatic carbocycles. The molecule has 6 nitrogen and oxygen atoms in total. The maximum Gasteiger partial charge on any atom is 0.151 e. The van der Waals surface area contributed by atoms with Crippen molar-refractivity contribution in [3.05, 3.63) is 12.3 Å². The molecule has 0 aromatic carbocycles. The van der Waals surface area contributed by atoms with Crippen LogP contribution in [0.25, 0.3) is 10.8 Å². The van der Waals surface area contributed by atoms with Gasteiger partial charge in [0.25, 0.3) is 0 Å². The molecule has 80 valence electrons. The van der Waals surface area contributed by atoms with E-state index in [1.165, 1.54) is 6.33 Å². The largest absolute Gasteiger partial charge is 0.394 e. The average Bonchev–Trinajstić information content (AvgIpc) is 2.63. The molecule has 3 N–H and O–H groups in total. The van der Waals surface area contributed by atoms with Crippen LogP contribution >= 0.6 is 8.19 Å². The Kier molecular flexibility index (Phi) is 3.11. The summed E-state index contributed by atoms with van der Waals surface area (Å²) in [6.07, 6.45) is 1.45. The van der Waals surface area contributed by atoms with Crippen LogP contribution in [0.15, 0.2) is 12.3 Å². The van der Waals surface area contributed by atoms with Gasteiger partial charge in [-0.3, -0.25) is 0 Å². The van der Waals surface area contributed by atoms with Gasteiger partial charge in [0.2, 0.25) is 0 Å². The Bertz CT molecular complexity index is 459. The van der Waals surface area contributed by atoms with Crippen LogP contribution in [0.1, 0.15) is 0 Å². The third-order valence-corrected chi connectivity index (χ3v) is 2.87. The quantitative estimate of drug-likeness (QED) is 0.744. The van der Waals surface area contributed by atoms with Gasteiger partial charge < -0.3 is 20.1 Å². The second kappa shape index (κ2) is 4.53. The fraction of sp³-hybridized carbons (Fsp3) is 0.375. The number of hydrogen-bond acceptors (Lipinski definition) is 5. The van der Waals surface area contributed by atoms with Crippen LogP contribution in [0, 0.1) is 0 Å². The number of aliphatic hydroxyl groups excluding tert-OH is 1. The Morgan fingerprint density at radius 2 is 2.40 bits per heavy atom. The molecule has 2 rings (SSSR count). The van der Waals surface area contributed by atoms with E-state index in [9.17, 15) is 0 Å². The van der Waals surface area contributed by atoms with E-state index in [0.717, 1.165) is 19.0 Å². The van der Waals surface area contributed by atoms with Crippen molar-refractivity contribution in [3.8, 4) is 0 Å². The zero-order valence-electron chi connectivity index (χ0n) is 8.00. The molecule has 2 aromatic rings. The van der Waals surface area contributed by atoms with Crippen LogP contribution in [0.4, 0.5) is 5.82 Å². The van der Waals surface area contributed by atoms with Gasteiger partial charge in [-0.1, -0.05) is 0 Å². The summed E-state index contributed by atoms with van der Waals surface area (Å²) in [5.41, 5.74) is 6.55. The maximum absolute atomic E-state index is 8.59. The van der Waals surface area contributed by atoms with Crippen LogP contribution in [0.3, 0.4) is 0 Å². The molecule has 0 fully saturated rings. The third-order valence-electron chi connectivity index (χ3n) is 1.90. The van der Waals surface area contributed by atoms with Gasteiger partial charge in [0.05, 0.1) is 13.2 Å². The molecule has 0 atom stereocenters. The summed E-state index contributed by atoms with van der Waals surface area (Å²) in [5.74, 6) is 2.38. The molecule has 0 amide bonds. The van der Waals surface area contributed by atoms with E-state index >= 15 is 0 Å². The number of rotatable bonds is 4. The molecule has 0 aliphatic heterocycles. The highest BCUT2D eigenvalue weighted by Crippen LogP contribution is 2.25. The summed E-state index contributed by atoms with van der Waals surface area (Å²) < 4.78 is 7.06. The number of anilines is 1. The molecule has 2 aromatic heterocycles. The van der Waals surface area contributed by atoms with Crippen LogP contribution in [0.2, 0.25) is 0 Å². The van der Waals surface area contributed by atoms with Crippen molar-refractivity contribution in [1.29, 1.82) is 0 Å². The van der Waals surface area contributed by atoms with Gasteiger partial charge in [0.1, 0.15) is 23.8 Å². The highest BCUT2D eigenvalue weighted by atomic mass is 31.0. The van der Waals surface area contributed by atoms with Crippen molar-refractivity contribution in [2.45, 2.75) is 6.73 Å². The summed E-state index contributed by atoms with van der Waals surface area (Å²) in [7, 11) is 0.986. The highest BCUT2D eigenvalue weighted by Gasteiger charge is 2.06. The van der Waals surface area contributed by atoms with Gasteiger partial charge in [0, 0.05) is 5.93 Å². The predicted octanol–water partition coefficient (Wildman–Crippen LogP) is 0.560.